The summed E-state index contributed by atoms with van der Waals surface area (Å²) in [5, 5.41) is 10.8. The van der Waals surface area contributed by atoms with Crippen LogP contribution in [0.5, 0.6) is 0 Å². The van der Waals surface area contributed by atoms with Gasteiger partial charge in [-0.2, -0.15) is 0 Å². The van der Waals surface area contributed by atoms with Gasteiger partial charge in [0.15, 0.2) is 0 Å². The molecule has 110 valence electrons. The summed E-state index contributed by atoms with van der Waals surface area (Å²) in [5.41, 5.74) is 0.862. The summed E-state index contributed by atoms with van der Waals surface area (Å²) in [4.78, 5) is 0. The maximum atomic E-state index is 10.8. The molecule has 1 fully saturated rings. The fraction of sp³-hybridized carbons (Fsp3) is 0.882. The van der Waals surface area contributed by atoms with Crippen LogP contribution in [0.2, 0.25) is 0 Å². The predicted octanol–water partition coefficient (Wildman–Crippen LogP) is 3.94. The molecular weight excluding hydrogens is 236 g/mol. The summed E-state index contributed by atoms with van der Waals surface area (Å²) < 4.78 is 6.08. The minimum absolute atomic E-state index is 0.0894. The van der Waals surface area contributed by atoms with Crippen molar-refractivity contribution < 1.29 is 9.84 Å². The molecule has 0 aromatic carbocycles. The maximum Gasteiger partial charge on any atom is 0.0720 e. The van der Waals surface area contributed by atoms with Crippen molar-refractivity contribution in [2.45, 2.75) is 71.5 Å². The Kier molecular flexibility index (Phi) is 4.13. The Labute approximate surface area is 118 Å². The zero-order valence-electron chi connectivity index (χ0n) is 13.2. The van der Waals surface area contributed by atoms with E-state index >= 15 is 0 Å². The summed E-state index contributed by atoms with van der Waals surface area (Å²) >= 11 is 0. The number of rotatable bonds is 3. The third kappa shape index (κ3) is 2.75. The largest absolute Gasteiger partial charge is 0.390 e. The molecule has 1 saturated carbocycles. The van der Waals surface area contributed by atoms with Crippen LogP contribution in [0.25, 0.3) is 0 Å². The van der Waals surface area contributed by atoms with Crippen molar-refractivity contribution in [1.82, 2.24) is 0 Å². The van der Waals surface area contributed by atoms with Gasteiger partial charge in [0.05, 0.1) is 11.2 Å². The molecule has 0 spiro atoms. The van der Waals surface area contributed by atoms with Crippen molar-refractivity contribution in [3.63, 3.8) is 0 Å². The molecule has 2 aliphatic carbocycles. The quantitative estimate of drug-likeness (QED) is 0.784. The number of hydrogen-bond acceptors (Lipinski definition) is 2. The fourth-order valence-electron chi connectivity index (χ4n) is 4.08. The van der Waals surface area contributed by atoms with Gasteiger partial charge in [0.1, 0.15) is 0 Å². The van der Waals surface area contributed by atoms with Gasteiger partial charge in [-0.25, -0.2) is 0 Å². The number of ether oxygens (including phenoxy) is 1. The van der Waals surface area contributed by atoms with E-state index in [2.05, 4.69) is 33.8 Å². The Hall–Kier alpha value is -0.340. The molecule has 0 saturated heterocycles. The van der Waals surface area contributed by atoms with Gasteiger partial charge in [-0.3, -0.25) is 0 Å². The first kappa shape index (κ1) is 15.1. The second kappa shape index (κ2) is 5.21. The molecule has 2 aliphatic rings. The molecule has 19 heavy (non-hydrogen) atoms. The van der Waals surface area contributed by atoms with Crippen LogP contribution in [0.3, 0.4) is 0 Å². The Morgan fingerprint density at radius 1 is 1.37 bits per heavy atom. The Bertz CT molecular complexity index is 356. The lowest BCUT2D eigenvalue weighted by molar-refractivity contribution is -0.0729. The summed E-state index contributed by atoms with van der Waals surface area (Å²) in [6.45, 7) is 11.6. The highest BCUT2D eigenvalue weighted by molar-refractivity contribution is 5.19. The van der Waals surface area contributed by atoms with E-state index < -0.39 is 5.60 Å². The minimum atomic E-state index is -0.549. The van der Waals surface area contributed by atoms with E-state index in [9.17, 15) is 5.11 Å². The fourth-order valence-corrected chi connectivity index (χ4v) is 4.08. The van der Waals surface area contributed by atoms with Crippen molar-refractivity contribution >= 4 is 0 Å². The zero-order chi connectivity index (χ0) is 14.3. The third-order valence-corrected chi connectivity index (χ3v) is 5.42. The van der Waals surface area contributed by atoms with Crippen molar-refractivity contribution in [3.8, 4) is 0 Å². The van der Waals surface area contributed by atoms with Gasteiger partial charge < -0.3 is 9.84 Å². The van der Waals surface area contributed by atoms with Crippen LogP contribution < -0.4 is 0 Å². The Morgan fingerprint density at radius 3 is 2.63 bits per heavy atom. The molecule has 2 nitrogen and oxygen atoms in total. The third-order valence-electron chi connectivity index (χ3n) is 5.42. The summed E-state index contributed by atoms with van der Waals surface area (Å²) in [5.74, 6) is 1.28. The predicted molar refractivity (Wildman–Crippen MR) is 79.0 cm³/mol. The zero-order valence-corrected chi connectivity index (χ0v) is 13.2. The summed E-state index contributed by atoms with van der Waals surface area (Å²) in [7, 11) is 0. The number of allylic oxidation sites excluding steroid dienone is 1. The van der Waals surface area contributed by atoms with Crippen molar-refractivity contribution in [1.29, 1.82) is 0 Å². The SMILES string of the molecule is CCO[C@]1(C)CC[C@@H]2[C@@H]1C=C(C(C)C)CC[C@@]2(C)O. The minimum Gasteiger partial charge on any atom is -0.390 e. The van der Waals surface area contributed by atoms with Crippen LogP contribution in [0.4, 0.5) is 0 Å². The maximum absolute atomic E-state index is 10.8. The van der Waals surface area contributed by atoms with Gasteiger partial charge in [-0.1, -0.05) is 25.5 Å². The first-order chi connectivity index (χ1) is 8.80. The van der Waals surface area contributed by atoms with Crippen molar-refractivity contribution in [2.24, 2.45) is 17.8 Å². The van der Waals surface area contributed by atoms with E-state index in [1.165, 1.54) is 5.57 Å². The smallest absolute Gasteiger partial charge is 0.0720 e. The van der Waals surface area contributed by atoms with Crippen LogP contribution in [0, 0.1) is 17.8 Å². The van der Waals surface area contributed by atoms with Crippen molar-refractivity contribution in [3.05, 3.63) is 11.6 Å². The van der Waals surface area contributed by atoms with E-state index in [0.29, 0.717) is 17.8 Å². The first-order valence-corrected chi connectivity index (χ1v) is 7.87. The molecule has 0 bridgehead atoms. The van der Waals surface area contributed by atoms with Crippen LogP contribution in [-0.2, 0) is 4.74 Å². The average Bonchev–Trinajstić information content (AvgIpc) is 2.54. The van der Waals surface area contributed by atoms with E-state index in [4.69, 9.17) is 4.74 Å². The van der Waals surface area contributed by atoms with Gasteiger partial charge in [-0.15, -0.1) is 0 Å². The Balaban J connectivity index is 2.36. The molecule has 0 unspecified atom stereocenters. The lowest BCUT2D eigenvalue weighted by Gasteiger charge is -2.36. The molecule has 2 rings (SSSR count). The topological polar surface area (TPSA) is 29.5 Å². The second-order valence-electron chi connectivity index (χ2n) is 7.17. The van der Waals surface area contributed by atoms with Gasteiger partial charge in [0.2, 0.25) is 0 Å². The average molecular weight is 266 g/mol. The van der Waals surface area contributed by atoms with Gasteiger partial charge in [-0.05, 0) is 58.3 Å². The second-order valence-corrected chi connectivity index (χ2v) is 7.17. The molecule has 0 aromatic rings. The van der Waals surface area contributed by atoms with E-state index in [1.54, 1.807) is 0 Å². The standard InChI is InChI=1S/C17H30O2/c1-6-19-17(5)10-8-14-15(17)11-13(12(2)3)7-9-16(14,4)18/h11-12,14-15,18H,6-10H2,1-5H3/t14-,15+,16-,17-/m1/s1. The summed E-state index contributed by atoms with van der Waals surface area (Å²) in [6, 6.07) is 0. The van der Waals surface area contributed by atoms with Crippen molar-refractivity contribution in [2.75, 3.05) is 6.61 Å². The lowest BCUT2D eigenvalue weighted by atomic mass is 9.77. The molecule has 0 aliphatic heterocycles. The molecule has 0 radical (unpaired) electrons. The van der Waals surface area contributed by atoms with Crippen LogP contribution in [0.15, 0.2) is 11.6 Å². The van der Waals surface area contributed by atoms with Crippen LogP contribution >= 0.6 is 0 Å². The van der Waals surface area contributed by atoms with E-state index in [0.717, 1.165) is 32.3 Å². The van der Waals surface area contributed by atoms with Crippen LogP contribution in [0.1, 0.15) is 60.3 Å². The van der Waals surface area contributed by atoms with Gasteiger partial charge >= 0.3 is 0 Å². The van der Waals surface area contributed by atoms with Gasteiger partial charge in [0, 0.05) is 12.5 Å². The first-order valence-electron chi connectivity index (χ1n) is 7.87. The molecular formula is C17H30O2. The number of fused-ring (bicyclic) bond motifs is 1. The monoisotopic (exact) mass is 266 g/mol. The van der Waals surface area contributed by atoms with Gasteiger partial charge in [0.25, 0.3) is 0 Å². The number of aliphatic hydroxyl groups is 1. The number of hydrogen-bond donors (Lipinski definition) is 1. The highest BCUT2D eigenvalue weighted by Gasteiger charge is 2.52. The van der Waals surface area contributed by atoms with E-state index in [-0.39, 0.29) is 5.60 Å². The molecule has 1 N–H and O–H groups in total. The summed E-state index contributed by atoms with van der Waals surface area (Å²) in [6.07, 6.45) is 6.50. The Morgan fingerprint density at radius 2 is 2.05 bits per heavy atom. The molecule has 0 heterocycles. The molecule has 2 heteroatoms. The highest BCUT2D eigenvalue weighted by Crippen LogP contribution is 2.51. The molecule has 0 aromatic heterocycles. The highest BCUT2D eigenvalue weighted by atomic mass is 16.5. The van der Waals surface area contributed by atoms with E-state index in [1.807, 2.05) is 6.92 Å². The normalized spacial score (nSPS) is 43.0. The van der Waals surface area contributed by atoms with Crippen LogP contribution in [-0.4, -0.2) is 22.9 Å². The lowest BCUT2D eigenvalue weighted by Crippen LogP contribution is -2.41. The molecule has 4 atom stereocenters. The molecule has 0 amide bonds.